The molecule has 5 heteroatoms. The van der Waals surface area contributed by atoms with E-state index >= 15 is 0 Å². The van der Waals surface area contributed by atoms with Gasteiger partial charge >= 0.3 is 11.9 Å². The first-order chi connectivity index (χ1) is 12.2. The molecule has 1 heterocycles. The molecule has 0 unspecified atom stereocenters. The predicted octanol–water partition coefficient (Wildman–Crippen LogP) is 3.44. The number of rotatable bonds is 6. The van der Waals surface area contributed by atoms with Crippen molar-refractivity contribution in [1.29, 1.82) is 0 Å². The Balaban J connectivity index is 2.09. The molecule has 0 N–H and O–H groups in total. The van der Waals surface area contributed by atoms with E-state index in [1.165, 1.54) is 25.0 Å². The second kappa shape index (κ2) is 8.67. The van der Waals surface area contributed by atoms with Crippen molar-refractivity contribution in [1.82, 2.24) is 4.90 Å². The Labute approximate surface area is 156 Å². The van der Waals surface area contributed by atoms with Gasteiger partial charge in [0.2, 0.25) is 0 Å². The number of benzene rings is 1. The lowest BCUT2D eigenvalue weighted by molar-refractivity contribution is -0.143. The smallest absolute Gasteiger partial charge is 0.302 e. The molecule has 1 aromatic rings. The lowest BCUT2D eigenvalue weighted by Gasteiger charge is -2.30. The summed E-state index contributed by atoms with van der Waals surface area (Å²) in [4.78, 5) is 24.7. The van der Waals surface area contributed by atoms with Gasteiger partial charge in [0.05, 0.1) is 0 Å². The third-order valence-corrected chi connectivity index (χ3v) is 4.91. The zero-order valence-electron chi connectivity index (χ0n) is 16.6. The van der Waals surface area contributed by atoms with Crippen LogP contribution in [0.5, 0.6) is 0 Å². The molecule has 1 aliphatic rings. The van der Waals surface area contributed by atoms with E-state index in [0.717, 1.165) is 19.4 Å². The van der Waals surface area contributed by atoms with E-state index in [0.29, 0.717) is 13.2 Å². The number of nitrogens with zero attached hydrogens (tertiary/aromatic N) is 1. The number of carbonyl (C=O) groups is 2. The predicted molar refractivity (Wildman–Crippen MR) is 101 cm³/mol. The first-order valence-electron chi connectivity index (χ1n) is 9.28. The van der Waals surface area contributed by atoms with Crippen molar-refractivity contribution in [3.05, 3.63) is 35.4 Å². The van der Waals surface area contributed by atoms with E-state index in [-0.39, 0.29) is 29.4 Å². The highest BCUT2D eigenvalue weighted by atomic mass is 16.5. The van der Waals surface area contributed by atoms with Crippen LogP contribution in [0.2, 0.25) is 0 Å². The normalized spacial score (nSPS) is 20.8. The van der Waals surface area contributed by atoms with E-state index in [4.69, 9.17) is 9.47 Å². The summed E-state index contributed by atoms with van der Waals surface area (Å²) in [5.74, 6) is -0.522. The Morgan fingerprint density at radius 3 is 1.81 bits per heavy atom. The van der Waals surface area contributed by atoms with Crippen LogP contribution in [0.25, 0.3) is 0 Å². The van der Waals surface area contributed by atoms with E-state index in [2.05, 4.69) is 49.9 Å². The summed E-state index contributed by atoms with van der Waals surface area (Å²) in [6.07, 6.45) is 1.86. The minimum atomic E-state index is -0.261. The lowest BCUT2D eigenvalue weighted by atomic mass is 9.87. The van der Waals surface area contributed by atoms with Gasteiger partial charge in [-0.05, 0) is 29.4 Å². The van der Waals surface area contributed by atoms with Gasteiger partial charge in [-0.1, -0.05) is 45.0 Å². The SMILES string of the molecule is CC(=O)OC[C@H]1CC[C@H](COC(C)=O)N1Cc1ccc(C(C)(C)C)cc1. The average molecular weight is 361 g/mol. The van der Waals surface area contributed by atoms with E-state index < -0.39 is 0 Å². The van der Waals surface area contributed by atoms with Crippen molar-refractivity contribution in [2.75, 3.05) is 13.2 Å². The first-order valence-corrected chi connectivity index (χ1v) is 9.28. The van der Waals surface area contributed by atoms with Crippen molar-refractivity contribution in [3.63, 3.8) is 0 Å². The van der Waals surface area contributed by atoms with Crippen LogP contribution in [0.4, 0.5) is 0 Å². The van der Waals surface area contributed by atoms with Crippen molar-refractivity contribution in [3.8, 4) is 0 Å². The highest BCUT2D eigenvalue weighted by Crippen LogP contribution is 2.28. The monoisotopic (exact) mass is 361 g/mol. The molecule has 0 bridgehead atoms. The zero-order valence-corrected chi connectivity index (χ0v) is 16.6. The third-order valence-electron chi connectivity index (χ3n) is 4.91. The standard InChI is InChI=1S/C21H31NO4/c1-15(23)25-13-19-10-11-20(14-26-16(2)24)22(19)12-17-6-8-18(9-7-17)21(3,4)5/h6-9,19-20H,10-14H2,1-5H3/t19-,20-/m1/s1. The first kappa shape index (κ1) is 20.4. The van der Waals surface area contributed by atoms with Crippen LogP contribution in [-0.4, -0.2) is 42.1 Å². The fourth-order valence-corrected chi connectivity index (χ4v) is 3.38. The van der Waals surface area contributed by atoms with Crippen molar-refractivity contribution >= 4 is 11.9 Å². The molecule has 0 aliphatic carbocycles. The van der Waals surface area contributed by atoms with Crippen LogP contribution in [0, 0.1) is 0 Å². The van der Waals surface area contributed by atoms with Crippen LogP contribution < -0.4 is 0 Å². The Kier molecular flexibility index (Phi) is 6.81. The fourth-order valence-electron chi connectivity index (χ4n) is 3.38. The van der Waals surface area contributed by atoms with E-state index in [1.807, 2.05) is 0 Å². The molecule has 2 rings (SSSR count). The Morgan fingerprint density at radius 1 is 0.962 bits per heavy atom. The molecule has 0 saturated carbocycles. The topological polar surface area (TPSA) is 55.8 Å². The van der Waals surface area contributed by atoms with Crippen molar-refractivity contribution in [2.45, 2.75) is 71.5 Å². The van der Waals surface area contributed by atoms with Crippen molar-refractivity contribution < 1.29 is 19.1 Å². The van der Waals surface area contributed by atoms with Crippen molar-refractivity contribution in [2.24, 2.45) is 0 Å². The molecule has 26 heavy (non-hydrogen) atoms. The molecular formula is C21H31NO4. The number of carbonyl (C=O) groups excluding carboxylic acids is 2. The van der Waals surface area contributed by atoms with E-state index in [9.17, 15) is 9.59 Å². The minimum absolute atomic E-state index is 0.127. The quantitative estimate of drug-likeness (QED) is 0.727. The molecule has 1 aromatic carbocycles. The fraction of sp³-hybridized carbons (Fsp3) is 0.619. The molecule has 2 atom stereocenters. The maximum atomic E-state index is 11.2. The molecule has 0 radical (unpaired) electrons. The maximum Gasteiger partial charge on any atom is 0.302 e. The summed E-state index contributed by atoms with van der Waals surface area (Å²) < 4.78 is 10.5. The molecule has 1 saturated heterocycles. The van der Waals surface area contributed by atoms with Crippen LogP contribution in [0.3, 0.4) is 0 Å². The largest absolute Gasteiger partial charge is 0.464 e. The van der Waals surface area contributed by atoms with Gasteiger partial charge in [-0.2, -0.15) is 0 Å². The van der Waals surface area contributed by atoms with Crippen LogP contribution in [0.15, 0.2) is 24.3 Å². The van der Waals surface area contributed by atoms with Crippen LogP contribution in [-0.2, 0) is 31.0 Å². The van der Waals surface area contributed by atoms with Gasteiger partial charge in [-0.15, -0.1) is 0 Å². The summed E-state index contributed by atoms with van der Waals surface area (Å²) >= 11 is 0. The molecular weight excluding hydrogens is 330 g/mol. The summed E-state index contributed by atoms with van der Waals surface area (Å²) in [6.45, 7) is 11.0. The summed E-state index contributed by atoms with van der Waals surface area (Å²) in [5, 5.41) is 0. The van der Waals surface area contributed by atoms with Gasteiger partial charge in [-0.25, -0.2) is 0 Å². The molecule has 5 nitrogen and oxygen atoms in total. The molecule has 0 aromatic heterocycles. The summed E-state index contributed by atoms with van der Waals surface area (Å²) in [5.41, 5.74) is 2.64. The number of hydrogen-bond acceptors (Lipinski definition) is 5. The lowest BCUT2D eigenvalue weighted by Crippen LogP contribution is -2.40. The van der Waals surface area contributed by atoms with Gasteiger partial charge in [0.15, 0.2) is 0 Å². The summed E-state index contributed by atoms with van der Waals surface area (Å²) in [7, 11) is 0. The van der Waals surface area contributed by atoms with Gasteiger partial charge in [0, 0.05) is 32.5 Å². The average Bonchev–Trinajstić information content (AvgIpc) is 2.92. The molecule has 0 spiro atoms. The van der Waals surface area contributed by atoms with E-state index in [1.54, 1.807) is 0 Å². The molecule has 0 amide bonds. The second-order valence-corrected chi connectivity index (χ2v) is 8.11. The highest BCUT2D eigenvalue weighted by molar-refractivity contribution is 5.66. The summed E-state index contributed by atoms with van der Waals surface area (Å²) in [6, 6.07) is 8.97. The molecule has 1 fully saturated rings. The maximum absolute atomic E-state index is 11.2. The Morgan fingerprint density at radius 2 is 1.42 bits per heavy atom. The number of esters is 2. The van der Waals surface area contributed by atoms with Gasteiger partial charge < -0.3 is 9.47 Å². The zero-order chi connectivity index (χ0) is 19.3. The van der Waals surface area contributed by atoms with Gasteiger partial charge in [0.25, 0.3) is 0 Å². The third kappa shape index (κ3) is 5.84. The van der Waals surface area contributed by atoms with Crippen LogP contribution >= 0.6 is 0 Å². The Bertz CT molecular complexity index is 592. The highest BCUT2D eigenvalue weighted by Gasteiger charge is 2.34. The molecule has 1 aliphatic heterocycles. The van der Waals surface area contributed by atoms with Gasteiger partial charge in [0.1, 0.15) is 13.2 Å². The van der Waals surface area contributed by atoms with Crippen LogP contribution in [0.1, 0.15) is 58.6 Å². The number of hydrogen-bond donors (Lipinski definition) is 0. The molecule has 144 valence electrons. The minimum Gasteiger partial charge on any atom is -0.464 e. The Hall–Kier alpha value is -1.88. The number of likely N-dealkylation sites (tertiary alicyclic amines) is 1. The number of ether oxygens (including phenoxy) is 2. The second-order valence-electron chi connectivity index (χ2n) is 8.11. The van der Waals surface area contributed by atoms with Gasteiger partial charge in [-0.3, -0.25) is 14.5 Å².